The summed E-state index contributed by atoms with van der Waals surface area (Å²) in [5.41, 5.74) is 7.22. The number of amides is 1. The van der Waals surface area contributed by atoms with Gasteiger partial charge in [0.15, 0.2) is 5.65 Å². The van der Waals surface area contributed by atoms with Gasteiger partial charge in [-0.1, -0.05) is 19.4 Å². The number of H-pyrrole nitrogens is 1. The molecule has 13 heteroatoms. The Morgan fingerprint density at radius 3 is 2.30 bits per heavy atom. The van der Waals surface area contributed by atoms with Gasteiger partial charge in [-0.3, -0.25) is 4.79 Å². The van der Waals surface area contributed by atoms with Gasteiger partial charge in [0.2, 0.25) is 0 Å². The fourth-order valence-corrected chi connectivity index (χ4v) is 6.03. The van der Waals surface area contributed by atoms with Crippen molar-refractivity contribution in [3.05, 3.63) is 47.4 Å². The highest BCUT2D eigenvalue weighted by Crippen LogP contribution is 3.02. The summed E-state index contributed by atoms with van der Waals surface area (Å²) in [4.78, 5) is 24.9. The number of anilines is 1. The van der Waals surface area contributed by atoms with Gasteiger partial charge in [-0.2, -0.15) is 0 Å². The van der Waals surface area contributed by atoms with E-state index in [0.717, 1.165) is 48.7 Å². The lowest BCUT2D eigenvalue weighted by atomic mass is 9.87. The maximum Gasteiger partial charge on any atom is 0.310 e. The Kier molecular flexibility index (Phi) is 5.76. The predicted molar refractivity (Wildman–Crippen MR) is 131 cm³/mol. The van der Waals surface area contributed by atoms with Crippen LogP contribution in [0.5, 0.6) is 0 Å². The quantitative estimate of drug-likeness (QED) is 0.266. The van der Waals surface area contributed by atoms with Gasteiger partial charge < -0.3 is 20.7 Å². The molecule has 4 N–H and O–H groups in total. The van der Waals surface area contributed by atoms with Gasteiger partial charge in [0, 0.05) is 30.9 Å². The minimum absolute atomic E-state index is 0.0896. The van der Waals surface area contributed by atoms with E-state index in [-0.39, 0.29) is 35.6 Å². The molecule has 5 rings (SSSR count). The second-order valence-electron chi connectivity index (χ2n) is 10.0. The highest BCUT2D eigenvalue weighted by Gasteiger charge is 2.65. The number of benzene rings is 1. The molecule has 1 saturated carbocycles. The summed E-state index contributed by atoms with van der Waals surface area (Å²) in [6.45, 7) is 0.654. The van der Waals surface area contributed by atoms with E-state index < -0.39 is 26.7 Å². The fourth-order valence-electron chi connectivity index (χ4n) is 5.36. The number of rotatable bonds is 4. The van der Waals surface area contributed by atoms with E-state index in [4.69, 9.17) is 10.7 Å². The first kappa shape index (κ1) is 25.7. The summed E-state index contributed by atoms with van der Waals surface area (Å²) in [6.07, 6.45) is 5.80. The van der Waals surface area contributed by atoms with Crippen molar-refractivity contribution < 1.29 is 29.3 Å². The number of carbonyl (C=O) groups excluding carboxylic acids is 1. The second-order valence-corrected chi connectivity index (χ2v) is 12.4. The van der Waals surface area contributed by atoms with E-state index in [1.807, 2.05) is 6.07 Å². The van der Waals surface area contributed by atoms with Crippen LogP contribution in [0, 0.1) is 0 Å². The number of aromatic amines is 1. The van der Waals surface area contributed by atoms with Crippen LogP contribution in [0.25, 0.3) is 11.2 Å². The van der Waals surface area contributed by atoms with Crippen LogP contribution in [0.4, 0.5) is 25.1 Å². The molecule has 1 aromatic carbocycles. The molecule has 3 heterocycles. The summed E-state index contributed by atoms with van der Waals surface area (Å²) in [6, 6.07) is 2.99. The minimum atomic E-state index is -9.89. The van der Waals surface area contributed by atoms with Gasteiger partial charge in [0.05, 0.1) is 11.7 Å². The van der Waals surface area contributed by atoms with E-state index in [0.29, 0.717) is 31.6 Å². The molecule has 3 aromatic rings. The Hall–Kier alpha value is -2.93. The lowest BCUT2D eigenvalue weighted by Gasteiger charge is -2.40. The number of nitrogens with zero attached hydrogens (tertiary/aromatic N) is 3. The van der Waals surface area contributed by atoms with Gasteiger partial charge in [-0.05, 0) is 74.3 Å². The van der Waals surface area contributed by atoms with E-state index >= 15 is 0 Å². The molecular formula is C24H28F5N5O2S. The van der Waals surface area contributed by atoms with Gasteiger partial charge in [0.25, 0.3) is 5.91 Å². The van der Waals surface area contributed by atoms with Crippen molar-refractivity contribution in [2.24, 2.45) is 0 Å². The number of nitrogens with one attached hydrogen (secondary N) is 1. The largest absolute Gasteiger partial charge is 0.398 e. The zero-order chi connectivity index (χ0) is 26.7. The molecule has 202 valence electrons. The van der Waals surface area contributed by atoms with Crippen LogP contribution in [-0.2, 0) is 0 Å². The molecule has 2 fully saturated rings. The number of halogens is 5. The Morgan fingerprint density at radius 2 is 1.68 bits per heavy atom. The number of likely N-dealkylation sites (tertiary alicyclic amines) is 1. The minimum Gasteiger partial charge on any atom is -0.398 e. The van der Waals surface area contributed by atoms with Gasteiger partial charge in [-0.25, -0.2) is 9.97 Å². The zero-order valence-electron chi connectivity index (χ0n) is 19.8. The van der Waals surface area contributed by atoms with Crippen molar-refractivity contribution >= 4 is 33.0 Å². The van der Waals surface area contributed by atoms with Gasteiger partial charge in [-0.15, -0.1) is 0 Å². The summed E-state index contributed by atoms with van der Waals surface area (Å²) in [5, 5.41) is 9.79. The molecule has 1 amide bonds. The molecule has 2 aromatic heterocycles. The number of nitrogens with two attached hydrogens (primary N) is 1. The van der Waals surface area contributed by atoms with E-state index in [1.54, 1.807) is 6.20 Å². The van der Waals surface area contributed by atoms with E-state index in [9.17, 15) is 29.3 Å². The highest BCUT2D eigenvalue weighted by atomic mass is 32.5. The number of aliphatic hydroxyl groups is 1. The lowest BCUT2D eigenvalue weighted by molar-refractivity contribution is 0.0714. The number of hydrogen-bond donors (Lipinski definition) is 3. The average molecular weight is 546 g/mol. The Balaban J connectivity index is 1.30. The first-order valence-electron chi connectivity index (χ1n) is 12.1. The summed E-state index contributed by atoms with van der Waals surface area (Å²) in [5.74, 6) is 0.596. The molecule has 2 aliphatic rings. The number of aromatic nitrogens is 3. The smallest absolute Gasteiger partial charge is 0.310 e. The molecule has 1 aliphatic heterocycles. The summed E-state index contributed by atoms with van der Waals surface area (Å²) < 4.78 is 65.4. The maximum atomic E-state index is 13.1. The molecular weight excluding hydrogens is 517 g/mol. The predicted octanol–water partition coefficient (Wildman–Crippen LogP) is 6.24. The first-order chi connectivity index (χ1) is 17.2. The first-order valence-corrected chi connectivity index (χ1v) is 14.1. The van der Waals surface area contributed by atoms with Crippen molar-refractivity contribution in [3.8, 4) is 0 Å². The molecule has 1 aliphatic carbocycles. The third-order valence-corrected chi connectivity index (χ3v) is 8.58. The van der Waals surface area contributed by atoms with Crippen molar-refractivity contribution in [1.29, 1.82) is 0 Å². The van der Waals surface area contributed by atoms with Crippen LogP contribution in [0.3, 0.4) is 0 Å². The number of pyridine rings is 1. The van der Waals surface area contributed by atoms with Crippen LogP contribution in [0.15, 0.2) is 35.4 Å². The highest BCUT2D eigenvalue weighted by molar-refractivity contribution is 8.45. The number of aliphatic hydroxyl groups excluding tert-OH is 1. The molecule has 1 saturated heterocycles. The molecule has 0 unspecified atom stereocenters. The molecule has 0 atom stereocenters. The normalized spacial score (nSPS) is 23.6. The molecule has 0 radical (unpaired) electrons. The monoisotopic (exact) mass is 545 g/mol. The molecule has 0 spiro atoms. The third-order valence-electron chi connectivity index (χ3n) is 7.44. The van der Waals surface area contributed by atoms with Crippen LogP contribution >= 0.6 is 10.2 Å². The average Bonchev–Trinajstić information content (AvgIpc) is 3.27. The van der Waals surface area contributed by atoms with Crippen molar-refractivity contribution in [1.82, 2.24) is 19.9 Å². The Bertz CT molecular complexity index is 1350. The number of hydrogen-bond acceptors (Lipinski definition) is 5. The topological polar surface area (TPSA) is 108 Å². The van der Waals surface area contributed by atoms with Crippen molar-refractivity contribution in [3.63, 3.8) is 0 Å². The number of fused-ring (bicyclic) bond motifs is 1. The van der Waals surface area contributed by atoms with Crippen molar-refractivity contribution in [2.45, 2.75) is 61.4 Å². The standard InChI is InChI=1S/C24H28F5N5O2S/c25-37(26,27,28,29)17-5-6-19(20(30)13-17)24(36)34-11-8-14(9-12-34)18-7-10-31-23-21(18)32-22(33-23)15-1-3-16(35)4-2-15/h5-7,10,13-16,35H,1-4,8-9,11-12,30H2,(H,31,32,33)/t15-,16-. The molecule has 0 bridgehead atoms. The molecule has 37 heavy (non-hydrogen) atoms. The van der Waals surface area contributed by atoms with E-state index in [1.165, 1.54) is 4.90 Å². The van der Waals surface area contributed by atoms with Crippen LogP contribution in [-0.4, -0.2) is 50.1 Å². The SMILES string of the molecule is Nc1cc(S(F)(F)(F)(F)F)ccc1C(=O)N1CCC(c2ccnc3[nH]c([C@H]4CC[C@H](O)CC4)nc23)CC1. The summed E-state index contributed by atoms with van der Waals surface area (Å²) in [7, 11) is -9.89. The van der Waals surface area contributed by atoms with E-state index in [2.05, 4.69) is 9.97 Å². The zero-order valence-corrected chi connectivity index (χ0v) is 20.7. The lowest BCUT2D eigenvalue weighted by Crippen LogP contribution is -2.38. The van der Waals surface area contributed by atoms with Gasteiger partial charge in [0.1, 0.15) is 16.2 Å². The maximum absolute atomic E-state index is 13.1. The summed E-state index contributed by atoms with van der Waals surface area (Å²) >= 11 is 0. The fraction of sp³-hybridized carbons (Fsp3) is 0.458. The number of nitrogen functional groups attached to an aromatic ring is 1. The van der Waals surface area contributed by atoms with Crippen LogP contribution in [0.1, 0.15) is 72.1 Å². The molecule has 7 nitrogen and oxygen atoms in total. The Labute approximate surface area is 210 Å². The van der Waals surface area contributed by atoms with Crippen LogP contribution < -0.4 is 5.73 Å². The van der Waals surface area contributed by atoms with Crippen LogP contribution in [0.2, 0.25) is 0 Å². The van der Waals surface area contributed by atoms with Gasteiger partial charge >= 0.3 is 10.2 Å². The second kappa shape index (κ2) is 8.29. The third kappa shape index (κ3) is 5.24. The number of piperidine rings is 1. The van der Waals surface area contributed by atoms with Crippen molar-refractivity contribution in [2.75, 3.05) is 18.8 Å². The number of imidazole rings is 1. The number of carbonyl (C=O) groups is 1. The Morgan fingerprint density at radius 1 is 1.00 bits per heavy atom.